The third kappa shape index (κ3) is 2.61. The van der Waals surface area contributed by atoms with Crippen molar-refractivity contribution in [2.75, 3.05) is 29.5 Å². The first-order valence-electron chi connectivity index (χ1n) is 6.12. The summed E-state index contributed by atoms with van der Waals surface area (Å²) in [5, 5.41) is 8.94. The second-order valence-corrected chi connectivity index (χ2v) is 4.50. The normalized spacial score (nSPS) is 15.6. The van der Waals surface area contributed by atoms with Crippen molar-refractivity contribution in [3.8, 4) is 0 Å². The molecule has 0 aromatic carbocycles. The van der Waals surface area contributed by atoms with Crippen molar-refractivity contribution in [1.82, 2.24) is 4.98 Å². The van der Waals surface area contributed by atoms with E-state index < -0.39 is 0 Å². The quantitative estimate of drug-likeness (QED) is 0.709. The van der Waals surface area contributed by atoms with Gasteiger partial charge in [0, 0.05) is 19.2 Å². The van der Waals surface area contributed by atoms with Crippen molar-refractivity contribution in [3.05, 3.63) is 12.1 Å². The summed E-state index contributed by atoms with van der Waals surface area (Å²) >= 11 is 0. The minimum absolute atomic E-state index is 0.202. The number of anilines is 3. The van der Waals surface area contributed by atoms with Crippen LogP contribution in [0.1, 0.15) is 25.7 Å². The van der Waals surface area contributed by atoms with Gasteiger partial charge in [-0.05, 0) is 37.8 Å². The van der Waals surface area contributed by atoms with Crippen LogP contribution in [0.15, 0.2) is 12.1 Å². The van der Waals surface area contributed by atoms with Gasteiger partial charge in [0.2, 0.25) is 0 Å². The first kappa shape index (κ1) is 12.0. The van der Waals surface area contributed by atoms with E-state index >= 15 is 0 Å². The van der Waals surface area contributed by atoms with Crippen LogP contribution in [0, 0.1) is 0 Å². The maximum atomic E-state index is 8.94. The third-order valence-corrected chi connectivity index (χ3v) is 3.31. The topological polar surface area (TPSA) is 88.4 Å². The predicted octanol–water partition coefficient (Wildman–Crippen LogP) is 0.987. The molecule has 1 aliphatic rings. The fourth-order valence-corrected chi connectivity index (χ4v) is 2.06. The molecule has 0 atom stereocenters. The maximum absolute atomic E-state index is 8.94. The van der Waals surface area contributed by atoms with Gasteiger partial charge in [0.25, 0.3) is 0 Å². The Labute approximate surface area is 101 Å². The van der Waals surface area contributed by atoms with Gasteiger partial charge in [0.1, 0.15) is 11.6 Å². The molecule has 0 radical (unpaired) electrons. The molecule has 0 bridgehead atoms. The van der Waals surface area contributed by atoms with E-state index in [1.54, 1.807) is 6.07 Å². The summed E-state index contributed by atoms with van der Waals surface area (Å²) in [5.41, 5.74) is 11.9. The van der Waals surface area contributed by atoms with Crippen molar-refractivity contribution >= 4 is 17.3 Å². The van der Waals surface area contributed by atoms with Crippen molar-refractivity contribution in [3.63, 3.8) is 0 Å². The molecule has 0 unspecified atom stereocenters. The highest BCUT2D eigenvalue weighted by molar-refractivity contribution is 5.62. The average molecular weight is 236 g/mol. The van der Waals surface area contributed by atoms with Gasteiger partial charge in [-0.3, -0.25) is 0 Å². The summed E-state index contributed by atoms with van der Waals surface area (Å²) in [5.74, 6) is 1.26. The summed E-state index contributed by atoms with van der Waals surface area (Å²) < 4.78 is 0. The van der Waals surface area contributed by atoms with Gasteiger partial charge < -0.3 is 21.5 Å². The number of aliphatic hydroxyl groups is 1. The van der Waals surface area contributed by atoms with Gasteiger partial charge in [0.15, 0.2) is 0 Å². The van der Waals surface area contributed by atoms with Gasteiger partial charge in [0.05, 0.1) is 5.69 Å². The maximum Gasteiger partial charge on any atom is 0.149 e. The highest BCUT2D eigenvalue weighted by Gasteiger charge is 2.25. The number of nitrogen functional groups attached to an aromatic ring is 2. The van der Waals surface area contributed by atoms with Crippen LogP contribution in [0.5, 0.6) is 0 Å². The van der Waals surface area contributed by atoms with E-state index in [1.165, 1.54) is 19.3 Å². The lowest BCUT2D eigenvalue weighted by atomic mass is 9.91. The minimum Gasteiger partial charge on any atom is -0.396 e. The molecule has 1 aliphatic carbocycles. The number of hydrogen-bond acceptors (Lipinski definition) is 5. The van der Waals surface area contributed by atoms with Crippen LogP contribution >= 0.6 is 0 Å². The zero-order chi connectivity index (χ0) is 12.3. The van der Waals surface area contributed by atoms with Crippen molar-refractivity contribution in [2.24, 2.45) is 0 Å². The second kappa shape index (κ2) is 5.23. The van der Waals surface area contributed by atoms with Gasteiger partial charge >= 0.3 is 0 Å². The van der Waals surface area contributed by atoms with E-state index in [9.17, 15) is 0 Å². The lowest BCUT2D eigenvalue weighted by Crippen LogP contribution is -2.41. The van der Waals surface area contributed by atoms with Gasteiger partial charge in [-0.2, -0.15) is 0 Å². The van der Waals surface area contributed by atoms with Crippen LogP contribution in [0.3, 0.4) is 0 Å². The highest BCUT2D eigenvalue weighted by Crippen LogP contribution is 2.29. The van der Waals surface area contributed by atoms with Crippen molar-refractivity contribution in [1.29, 1.82) is 0 Å². The molecule has 94 valence electrons. The van der Waals surface area contributed by atoms with E-state index in [4.69, 9.17) is 16.6 Å². The lowest BCUT2D eigenvalue weighted by Gasteiger charge is -2.38. The molecule has 1 saturated carbocycles. The van der Waals surface area contributed by atoms with Crippen LogP contribution in [0.4, 0.5) is 17.3 Å². The van der Waals surface area contributed by atoms with Crippen LogP contribution in [0.25, 0.3) is 0 Å². The Balaban J connectivity index is 2.15. The van der Waals surface area contributed by atoms with E-state index in [-0.39, 0.29) is 6.61 Å². The molecule has 5 heteroatoms. The molecule has 5 N–H and O–H groups in total. The molecule has 0 saturated heterocycles. The lowest BCUT2D eigenvalue weighted by molar-refractivity contribution is 0.282. The summed E-state index contributed by atoms with van der Waals surface area (Å²) in [6, 6.07) is 4.24. The Morgan fingerprint density at radius 2 is 2.12 bits per heavy atom. The predicted molar refractivity (Wildman–Crippen MR) is 69.7 cm³/mol. The van der Waals surface area contributed by atoms with Crippen LogP contribution in [-0.4, -0.2) is 29.3 Å². The number of aromatic nitrogens is 1. The molecule has 1 fully saturated rings. The van der Waals surface area contributed by atoms with E-state index in [2.05, 4.69) is 9.88 Å². The average Bonchev–Trinajstić information content (AvgIpc) is 2.25. The fraction of sp³-hybridized carbons (Fsp3) is 0.583. The summed E-state index contributed by atoms with van der Waals surface area (Å²) in [6.45, 7) is 1.02. The third-order valence-electron chi connectivity index (χ3n) is 3.31. The van der Waals surface area contributed by atoms with Crippen LogP contribution in [-0.2, 0) is 0 Å². The fourth-order valence-electron chi connectivity index (χ4n) is 2.06. The Bertz CT molecular complexity index is 379. The Morgan fingerprint density at radius 1 is 1.35 bits per heavy atom. The van der Waals surface area contributed by atoms with Gasteiger partial charge in [-0.15, -0.1) is 0 Å². The summed E-state index contributed by atoms with van der Waals surface area (Å²) in [4.78, 5) is 6.56. The van der Waals surface area contributed by atoms with Gasteiger partial charge in [-0.25, -0.2) is 4.98 Å². The molecular formula is C12H20N4O. The number of aliphatic hydroxyl groups excluding tert-OH is 1. The highest BCUT2D eigenvalue weighted by atomic mass is 16.3. The molecule has 0 amide bonds. The minimum atomic E-state index is 0.202. The van der Waals surface area contributed by atoms with E-state index in [1.807, 2.05) is 6.07 Å². The number of nitrogens with two attached hydrogens (primary N) is 2. The zero-order valence-corrected chi connectivity index (χ0v) is 9.97. The Morgan fingerprint density at radius 3 is 2.65 bits per heavy atom. The van der Waals surface area contributed by atoms with Crippen molar-refractivity contribution in [2.45, 2.75) is 31.7 Å². The molecule has 2 rings (SSSR count). The molecule has 1 aromatic rings. The molecule has 17 heavy (non-hydrogen) atoms. The molecule has 5 nitrogen and oxygen atoms in total. The Kier molecular flexibility index (Phi) is 3.68. The standard InChI is InChI=1S/C12H20N4O/c13-10-5-6-11(15-12(10)14)16(7-2-8-17)9-3-1-4-9/h5-6,9,17H,1-4,7-8,13H2,(H2,14,15). The first-order valence-corrected chi connectivity index (χ1v) is 6.12. The summed E-state index contributed by atoms with van der Waals surface area (Å²) in [6.07, 6.45) is 4.40. The first-order chi connectivity index (χ1) is 8.22. The molecule has 0 aliphatic heterocycles. The van der Waals surface area contributed by atoms with Crippen molar-refractivity contribution < 1.29 is 5.11 Å². The van der Waals surface area contributed by atoms with Crippen LogP contribution in [0.2, 0.25) is 0 Å². The largest absolute Gasteiger partial charge is 0.396 e. The SMILES string of the molecule is Nc1ccc(N(CCCO)C2CCC2)nc1N. The molecular weight excluding hydrogens is 216 g/mol. The van der Waals surface area contributed by atoms with E-state index in [0.29, 0.717) is 17.5 Å². The second-order valence-electron chi connectivity index (χ2n) is 4.50. The van der Waals surface area contributed by atoms with E-state index in [0.717, 1.165) is 18.8 Å². The van der Waals surface area contributed by atoms with Crippen LogP contribution < -0.4 is 16.4 Å². The number of rotatable bonds is 5. The molecule has 0 spiro atoms. The summed E-state index contributed by atoms with van der Waals surface area (Å²) in [7, 11) is 0. The smallest absolute Gasteiger partial charge is 0.149 e. The number of pyridine rings is 1. The zero-order valence-electron chi connectivity index (χ0n) is 9.97. The number of hydrogen-bond donors (Lipinski definition) is 3. The van der Waals surface area contributed by atoms with Gasteiger partial charge in [-0.1, -0.05) is 0 Å². The number of nitrogens with zero attached hydrogens (tertiary/aromatic N) is 2. The Hall–Kier alpha value is -1.49. The monoisotopic (exact) mass is 236 g/mol. The molecule has 1 heterocycles. The molecule has 1 aromatic heterocycles.